The molecule has 0 amide bonds. The first kappa shape index (κ1) is 15.1. The summed E-state index contributed by atoms with van der Waals surface area (Å²) in [7, 11) is 2.04. The minimum Gasteiger partial charge on any atom is -0.377 e. The SMILES string of the molecule is Cc1c(C#N)c2cc3c(cc2n1C)CN(CCOC(C)C)C3. The number of hydrogen-bond acceptors (Lipinski definition) is 3. The Kier molecular flexibility index (Phi) is 3.94. The van der Waals surface area contributed by atoms with Crippen molar-refractivity contribution in [2.24, 2.45) is 7.05 Å². The summed E-state index contributed by atoms with van der Waals surface area (Å²) < 4.78 is 7.77. The van der Waals surface area contributed by atoms with Crippen LogP contribution in [-0.4, -0.2) is 28.7 Å². The molecule has 1 aromatic carbocycles. The number of benzene rings is 1. The zero-order chi connectivity index (χ0) is 15.9. The van der Waals surface area contributed by atoms with Gasteiger partial charge in [0.1, 0.15) is 6.07 Å². The summed E-state index contributed by atoms with van der Waals surface area (Å²) in [5.74, 6) is 0. The number of fused-ring (bicyclic) bond motifs is 2. The molecule has 0 saturated carbocycles. The molecule has 0 atom stereocenters. The first-order valence-electron chi connectivity index (χ1n) is 7.86. The van der Waals surface area contributed by atoms with E-state index in [1.54, 1.807) is 0 Å². The van der Waals surface area contributed by atoms with E-state index in [4.69, 9.17) is 4.74 Å². The highest BCUT2D eigenvalue weighted by atomic mass is 16.5. The highest BCUT2D eigenvalue weighted by Gasteiger charge is 2.22. The van der Waals surface area contributed by atoms with Crippen molar-refractivity contribution >= 4 is 10.9 Å². The van der Waals surface area contributed by atoms with Crippen molar-refractivity contribution in [2.75, 3.05) is 13.2 Å². The Labute approximate surface area is 131 Å². The highest BCUT2D eigenvalue weighted by molar-refractivity contribution is 5.89. The van der Waals surface area contributed by atoms with E-state index in [0.29, 0.717) is 0 Å². The van der Waals surface area contributed by atoms with E-state index in [1.165, 1.54) is 11.1 Å². The van der Waals surface area contributed by atoms with Crippen LogP contribution in [-0.2, 0) is 24.9 Å². The lowest BCUT2D eigenvalue weighted by atomic mass is 10.1. The Morgan fingerprint density at radius 1 is 1.27 bits per heavy atom. The molecule has 0 unspecified atom stereocenters. The van der Waals surface area contributed by atoms with Crippen molar-refractivity contribution in [3.05, 3.63) is 34.5 Å². The van der Waals surface area contributed by atoms with Gasteiger partial charge in [0.25, 0.3) is 0 Å². The van der Waals surface area contributed by atoms with Crippen LogP contribution in [0.25, 0.3) is 10.9 Å². The smallest absolute Gasteiger partial charge is 0.102 e. The van der Waals surface area contributed by atoms with Gasteiger partial charge < -0.3 is 9.30 Å². The third-order valence-electron chi connectivity index (χ3n) is 4.57. The molecule has 4 heteroatoms. The molecule has 0 N–H and O–H groups in total. The summed E-state index contributed by atoms with van der Waals surface area (Å²) in [6.07, 6.45) is 0.286. The lowest BCUT2D eigenvalue weighted by molar-refractivity contribution is 0.0584. The molecule has 1 aliphatic rings. The third kappa shape index (κ3) is 2.51. The molecule has 22 heavy (non-hydrogen) atoms. The van der Waals surface area contributed by atoms with Crippen LogP contribution < -0.4 is 0 Å². The average Bonchev–Trinajstić information content (AvgIpc) is 2.96. The van der Waals surface area contributed by atoms with Gasteiger partial charge in [-0.05, 0) is 44.0 Å². The second kappa shape index (κ2) is 5.75. The van der Waals surface area contributed by atoms with Crippen LogP contribution in [0, 0.1) is 18.3 Å². The highest BCUT2D eigenvalue weighted by Crippen LogP contribution is 2.31. The molecule has 2 aromatic rings. The number of rotatable bonds is 4. The van der Waals surface area contributed by atoms with E-state index in [-0.39, 0.29) is 6.10 Å². The summed E-state index contributed by atoms with van der Waals surface area (Å²) in [6, 6.07) is 6.81. The Hall–Kier alpha value is -1.83. The molecule has 116 valence electrons. The van der Waals surface area contributed by atoms with Gasteiger partial charge in [-0.1, -0.05) is 0 Å². The summed E-state index contributed by atoms with van der Waals surface area (Å²) in [5.41, 5.74) is 5.74. The Morgan fingerprint density at radius 2 is 1.95 bits per heavy atom. The molecule has 0 bridgehead atoms. The van der Waals surface area contributed by atoms with Gasteiger partial charge in [-0.2, -0.15) is 5.26 Å². The number of hydrogen-bond donors (Lipinski definition) is 0. The summed E-state index contributed by atoms with van der Waals surface area (Å²) in [6.45, 7) is 9.79. The van der Waals surface area contributed by atoms with E-state index in [1.807, 2.05) is 14.0 Å². The molecule has 2 heterocycles. The van der Waals surface area contributed by atoms with Crippen molar-refractivity contribution in [3.63, 3.8) is 0 Å². The maximum atomic E-state index is 9.41. The number of aryl methyl sites for hydroxylation is 1. The van der Waals surface area contributed by atoms with E-state index >= 15 is 0 Å². The van der Waals surface area contributed by atoms with Crippen LogP contribution in [0.4, 0.5) is 0 Å². The van der Waals surface area contributed by atoms with Crippen molar-refractivity contribution < 1.29 is 4.74 Å². The van der Waals surface area contributed by atoms with Gasteiger partial charge >= 0.3 is 0 Å². The van der Waals surface area contributed by atoms with Gasteiger partial charge in [-0.15, -0.1) is 0 Å². The normalized spacial score (nSPS) is 14.7. The molecule has 4 nitrogen and oxygen atoms in total. The molecule has 0 radical (unpaired) electrons. The standard InChI is InChI=1S/C18H23N3O/c1-12(2)22-6-5-21-10-14-7-16-17(9-19)13(3)20(4)18(16)8-15(14)11-21/h7-8,12H,5-6,10-11H2,1-4H3. The lowest BCUT2D eigenvalue weighted by Gasteiger charge is -2.15. The van der Waals surface area contributed by atoms with Crippen LogP contribution in [0.2, 0.25) is 0 Å². The van der Waals surface area contributed by atoms with E-state index in [9.17, 15) is 5.26 Å². The molecular formula is C18H23N3O. The van der Waals surface area contributed by atoms with Gasteiger partial charge in [0, 0.05) is 43.3 Å². The fourth-order valence-corrected chi connectivity index (χ4v) is 3.25. The third-order valence-corrected chi connectivity index (χ3v) is 4.57. The zero-order valence-electron chi connectivity index (χ0n) is 13.8. The first-order valence-corrected chi connectivity index (χ1v) is 7.86. The van der Waals surface area contributed by atoms with E-state index in [0.717, 1.165) is 48.4 Å². The Morgan fingerprint density at radius 3 is 2.59 bits per heavy atom. The molecule has 0 spiro atoms. The quantitative estimate of drug-likeness (QED) is 0.870. The van der Waals surface area contributed by atoms with Crippen molar-refractivity contribution in [2.45, 2.75) is 40.0 Å². The zero-order valence-corrected chi connectivity index (χ0v) is 13.8. The number of aromatic nitrogens is 1. The molecule has 0 saturated heterocycles. The minimum atomic E-state index is 0.286. The van der Waals surface area contributed by atoms with Crippen LogP contribution >= 0.6 is 0 Å². The van der Waals surface area contributed by atoms with Crippen LogP contribution in [0.5, 0.6) is 0 Å². The maximum Gasteiger partial charge on any atom is 0.102 e. The predicted octanol–water partition coefficient (Wildman–Crippen LogP) is 3.10. The summed E-state index contributed by atoms with van der Waals surface area (Å²) >= 11 is 0. The van der Waals surface area contributed by atoms with E-state index in [2.05, 4.69) is 41.5 Å². The predicted molar refractivity (Wildman–Crippen MR) is 87.6 cm³/mol. The van der Waals surface area contributed by atoms with Crippen molar-refractivity contribution in [1.29, 1.82) is 5.26 Å². The molecule has 0 fully saturated rings. The summed E-state index contributed by atoms with van der Waals surface area (Å²) in [5, 5.41) is 10.5. The molecule has 1 aromatic heterocycles. The lowest BCUT2D eigenvalue weighted by Crippen LogP contribution is -2.23. The maximum absolute atomic E-state index is 9.41. The van der Waals surface area contributed by atoms with Gasteiger partial charge in [-0.25, -0.2) is 0 Å². The largest absolute Gasteiger partial charge is 0.377 e. The Balaban J connectivity index is 1.85. The van der Waals surface area contributed by atoms with Gasteiger partial charge in [0.2, 0.25) is 0 Å². The van der Waals surface area contributed by atoms with Crippen LogP contribution in [0.15, 0.2) is 12.1 Å². The minimum absolute atomic E-state index is 0.286. The van der Waals surface area contributed by atoms with Gasteiger partial charge in [0.05, 0.1) is 18.3 Å². The van der Waals surface area contributed by atoms with Gasteiger partial charge in [-0.3, -0.25) is 4.90 Å². The first-order chi connectivity index (χ1) is 10.5. The van der Waals surface area contributed by atoms with Crippen molar-refractivity contribution in [3.8, 4) is 6.07 Å². The number of nitriles is 1. The van der Waals surface area contributed by atoms with Crippen LogP contribution in [0.3, 0.4) is 0 Å². The second-order valence-corrected chi connectivity index (χ2v) is 6.40. The second-order valence-electron chi connectivity index (χ2n) is 6.40. The summed E-state index contributed by atoms with van der Waals surface area (Å²) in [4.78, 5) is 2.41. The van der Waals surface area contributed by atoms with Crippen molar-refractivity contribution in [1.82, 2.24) is 9.47 Å². The molecular weight excluding hydrogens is 274 g/mol. The number of nitrogens with zero attached hydrogens (tertiary/aromatic N) is 3. The molecule has 1 aliphatic heterocycles. The topological polar surface area (TPSA) is 41.2 Å². The van der Waals surface area contributed by atoms with Gasteiger partial charge in [0.15, 0.2) is 0 Å². The van der Waals surface area contributed by atoms with E-state index < -0.39 is 0 Å². The average molecular weight is 297 g/mol. The fraction of sp³-hybridized carbons (Fsp3) is 0.500. The molecule has 0 aliphatic carbocycles. The Bertz CT molecular complexity index is 752. The van der Waals surface area contributed by atoms with Crippen LogP contribution in [0.1, 0.15) is 36.2 Å². The number of ether oxygens (including phenoxy) is 1. The fourth-order valence-electron chi connectivity index (χ4n) is 3.25. The molecule has 3 rings (SSSR count). The monoisotopic (exact) mass is 297 g/mol.